The second kappa shape index (κ2) is 9.90. The molecule has 0 aliphatic carbocycles. The van der Waals surface area contributed by atoms with E-state index in [1.165, 1.54) is 30.1 Å². The predicted molar refractivity (Wildman–Crippen MR) is 120 cm³/mol. The summed E-state index contributed by atoms with van der Waals surface area (Å²) in [6, 6.07) is 13.0. The molecular weight excluding hydrogens is 422 g/mol. The van der Waals surface area contributed by atoms with Gasteiger partial charge in [-0.25, -0.2) is 0 Å². The van der Waals surface area contributed by atoms with E-state index in [1.807, 2.05) is 6.92 Å². The molecule has 9 heteroatoms. The Morgan fingerprint density at radius 1 is 1.20 bits per heavy atom. The summed E-state index contributed by atoms with van der Waals surface area (Å²) < 4.78 is 30.4. The number of nitrogens with zero attached hydrogens (tertiary/aromatic N) is 2. The molecule has 158 valence electrons. The molecule has 0 aromatic heterocycles. The van der Waals surface area contributed by atoms with Crippen LogP contribution in [0.3, 0.4) is 0 Å². The summed E-state index contributed by atoms with van der Waals surface area (Å²) in [5.74, 6) is 0.0910. The molecule has 1 fully saturated rings. The minimum atomic E-state index is -3.97. The number of nitrogens with one attached hydrogen (secondary N) is 1. The topological polar surface area (TPSA) is 97.2 Å². The molecule has 1 aliphatic heterocycles. The number of carbonyl (C=O) groups is 1. The predicted octanol–water partition coefficient (Wildman–Crippen LogP) is 3.87. The summed E-state index contributed by atoms with van der Waals surface area (Å²) in [6.07, 6.45) is 4.21. The summed E-state index contributed by atoms with van der Waals surface area (Å²) in [7, 11) is -3.97. The number of benzene rings is 2. The molecule has 30 heavy (non-hydrogen) atoms. The Hall–Kier alpha value is -2.65. The fourth-order valence-corrected chi connectivity index (χ4v) is 4.72. The number of carbonyl (C=O) groups excluding carboxylic acids is 1. The first-order valence-corrected chi connectivity index (χ1v) is 11.9. The monoisotopic (exact) mass is 445 g/mol. The van der Waals surface area contributed by atoms with Crippen molar-refractivity contribution < 1.29 is 17.4 Å². The van der Waals surface area contributed by atoms with E-state index in [-0.39, 0.29) is 21.8 Å². The van der Waals surface area contributed by atoms with Crippen molar-refractivity contribution in [2.75, 3.05) is 0 Å². The number of amidine groups is 1. The molecule has 2 aromatic carbocycles. The van der Waals surface area contributed by atoms with Crippen molar-refractivity contribution in [1.29, 1.82) is 0 Å². The lowest BCUT2D eigenvalue weighted by atomic mass is 10.1. The molecule has 0 unspecified atom stereocenters. The molecule has 1 heterocycles. The molecule has 1 saturated heterocycles. The highest BCUT2D eigenvalue weighted by molar-refractivity contribution is 8.15. The van der Waals surface area contributed by atoms with E-state index in [1.54, 1.807) is 36.4 Å². The van der Waals surface area contributed by atoms with Crippen LogP contribution in [0.15, 0.2) is 63.6 Å². The van der Waals surface area contributed by atoms with Gasteiger partial charge in [-0.1, -0.05) is 61.4 Å². The van der Waals surface area contributed by atoms with E-state index < -0.39 is 10.1 Å². The number of hydrogen-bond acceptors (Lipinski definition) is 7. The van der Waals surface area contributed by atoms with Crippen molar-refractivity contribution in [3.8, 4) is 5.75 Å². The number of hydrogen-bond donors (Lipinski definition) is 1. The maximum atomic E-state index is 12.5. The van der Waals surface area contributed by atoms with Crippen molar-refractivity contribution in [2.24, 2.45) is 10.2 Å². The van der Waals surface area contributed by atoms with E-state index in [4.69, 9.17) is 4.18 Å². The number of aryl methyl sites for hydroxylation is 1. The SMILES string of the molecule is CCCC[C@@H]1S/C(=N\N=C/c2cc(C)ccc2OS(=O)(=O)c2ccccc2)NC1=O. The first kappa shape index (κ1) is 22.0. The van der Waals surface area contributed by atoms with Crippen LogP contribution in [0.2, 0.25) is 0 Å². The highest BCUT2D eigenvalue weighted by Crippen LogP contribution is 2.25. The lowest BCUT2D eigenvalue weighted by Crippen LogP contribution is -2.24. The summed E-state index contributed by atoms with van der Waals surface area (Å²) in [5, 5.41) is 11.1. The number of rotatable bonds is 8. The fraction of sp³-hybridized carbons (Fsp3) is 0.286. The van der Waals surface area contributed by atoms with Crippen LogP contribution in [0.5, 0.6) is 5.75 Å². The van der Waals surface area contributed by atoms with Crippen LogP contribution in [-0.2, 0) is 14.9 Å². The first-order chi connectivity index (χ1) is 14.4. The third kappa shape index (κ3) is 5.70. The van der Waals surface area contributed by atoms with Gasteiger partial charge in [-0.05, 0) is 37.6 Å². The minimum absolute atomic E-state index is 0.0593. The highest BCUT2D eigenvalue weighted by Gasteiger charge is 2.29. The van der Waals surface area contributed by atoms with Gasteiger partial charge in [0.2, 0.25) is 5.91 Å². The van der Waals surface area contributed by atoms with E-state index in [0.29, 0.717) is 10.7 Å². The molecule has 0 radical (unpaired) electrons. The van der Waals surface area contributed by atoms with Gasteiger partial charge >= 0.3 is 10.1 Å². The third-order valence-corrected chi connectivity index (χ3v) is 6.73. The Morgan fingerprint density at radius 3 is 2.70 bits per heavy atom. The zero-order valence-corrected chi connectivity index (χ0v) is 18.4. The molecule has 1 amide bonds. The zero-order chi connectivity index (χ0) is 21.6. The van der Waals surface area contributed by atoms with E-state index >= 15 is 0 Å². The number of amides is 1. The second-order valence-corrected chi connectivity index (χ2v) is 9.52. The molecule has 0 bridgehead atoms. The van der Waals surface area contributed by atoms with Gasteiger partial charge in [-0.15, -0.1) is 5.10 Å². The minimum Gasteiger partial charge on any atom is -0.378 e. The summed E-state index contributed by atoms with van der Waals surface area (Å²) in [6.45, 7) is 3.96. The summed E-state index contributed by atoms with van der Waals surface area (Å²) in [4.78, 5) is 12.0. The van der Waals surface area contributed by atoms with Crippen LogP contribution in [0.4, 0.5) is 0 Å². The quantitative estimate of drug-likeness (QED) is 0.378. The maximum absolute atomic E-state index is 12.5. The number of unbranched alkanes of at least 4 members (excludes halogenated alkanes) is 1. The molecular formula is C21H23N3O4S2. The first-order valence-electron chi connectivity index (χ1n) is 9.58. The van der Waals surface area contributed by atoms with Crippen LogP contribution >= 0.6 is 11.8 Å². The molecule has 3 rings (SSSR count). The second-order valence-electron chi connectivity index (χ2n) is 6.78. The molecule has 0 saturated carbocycles. The Bertz CT molecular complexity index is 1070. The molecule has 1 N–H and O–H groups in total. The number of thioether (sulfide) groups is 1. The van der Waals surface area contributed by atoms with Crippen molar-refractivity contribution >= 4 is 39.2 Å². The lowest BCUT2D eigenvalue weighted by molar-refractivity contribution is -0.118. The smallest absolute Gasteiger partial charge is 0.339 e. The van der Waals surface area contributed by atoms with Crippen molar-refractivity contribution in [2.45, 2.75) is 43.3 Å². The average molecular weight is 446 g/mol. The van der Waals surface area contributed by atoms with Crippen LogP contribution < -0.4 is 9.50 Å². The third-order valence-electron chi connectivity index (χ3n) is 4.34. The molecule has 1 atom stereocenters. The molecule has 1 aliphatic rings. The summed E-state index contributed by atoms with van der Waals surface area (Å²) >= 11 is 1.36. The standard InChI is InChI=1S/C21H23N3O4S2/c1-3-4-10-19-20(25)23-21(29-19)24-22-14-16-13-15(2)11-12-18(16)28-30(26,27)17-8-6-5-7-9-17/h5-9,11-14,19H,3-4,10H2,1-2H3,(H,23,24,25)/b22-14-/t19-/m0/s1. The van der Waals surface area contributed by atoms with Gasteiger partial charge in [0.15, 0.2) is 10.9 Å². The molecule has 2 aromatic rings. The van der Waals surface area contributed by atoms with E-state index in [0.717, 1.165) is 24.8 Å². The summed E-state index contributed by atoms with van der Waals surface area (Å²) in [5.41, 5.74) is 1.38. The van der Waals surface area contributed by atoms with E-state index in [9.17, 15) is 13.2 Å². The van der Waals surface area contributed by atoms with E-state index in [2.05, 4.69) is 22.4 Å². The van der Waals surface area contributed by atoms with Gasteiger partial charge < -0.3 is 9.50 Å². The van der Waals surface area contributed by atoms with Crippen LogP contribution in [-0.4, -0.2) is 31.0 Å². The Kier molecular flexibility index (Phi) is 7.28. The van der Waals surface area contributed by atoms with Gasteiger partial charge in [0, 0.05) is 5.56 Å². The Morgan fingerprint density at radius 2 is 1.97 bits per heavy atom. The Labute approximate surface area is 180 Å². The van der Waals surface area contributed by atoms with Gasteiger partial charge in [0.05, 0.1) is 11.5 Å². The van der Waals surface area contributed by atoms with Crippen LogP contribution in [0.1, 0.15) is 37.3 Å². The molecule has 7 nitrogen and oxygen atoms in total. The fourth-order valence-electron chi connectivity index (χ4n) is 2.77. The lowest BCUT2D eigenvalue weighted by Gasteiger charge is -2.09. The zero-order valence-electron chi connectivity index (χ0n) is 16.7. The highest BCUT2D eigenvalue weighted by atomic mass is 32.2. The van der Waals surface area contributed by atoms with Crippen molar-refractivity contribution in [3.05, 3.63) is 59.7 Å². The maximum Gasteiger partial charge on any atom is 0.339 e. The van der Waals surface area contributed by atoms with Gasteiger partial charge in [-0.3, -0.25) is 4.79 Å². The van der Waals surface area contributed by atoms with Gasteiger partial charge in [-0.2, -0.15) is 13.5 Å². The molecule has 0 spiro atoms. The normalized spacial score (nSPS) is 18.1. The van der Waals surface area contributed by atoms with Crippen molar-refractivity contribution in [1.82, 2.24) is 5.32 Å². The Balaban J connectivity index is 1.77. The van der Waals surface area contributed by atoms with Crippen LogP contribution in [0, 0.1) is 6.92 Å². The van der Waals surface area contributed by atoms with Crippen LogP contribution in [0.25, 0.3) is 0 Å². The average Bonchev–Trinajstić information content (AvgIpc) is 3.08. The largest absolute Gasteiger partial charge is 0.378 e. The van der Waals surface area contributed by atoms with Crippen molar-refractivity contribution in [3.63, 3.8) is 0 Å². The van der Waals surface area contributed by atoms with Gasteiger partial charge in [0.1, 0.15) is 4.90 Å². The van der Waals surface area contributed by atoms with Gasteiger partial charge in [0.25, 0.3) is 0 Å².